The highest BCUT2D eigenvalue weighted by atomic mass is 16.6. The van der Waals surface area contributed by atoms with Crippen molar-refractivity contribution < 1.29 is 14.3 Å². The van der Waals surface area contributed by atoms with Gasteiger partial charge in [0.25, 0.3) is 5.91 Å². The number of likely N-dealkylation sites (tertiary alicyclic amines) is 1. The smallest absolute Gasteiger partial charge is 0.253 e. The Morgan fingerprint density at radius 2 is 1.62 bits per heavy atom. The number of imidazole rings is 1. The van der Waals surface area contributed by atoms with Crippen LogP contribution in [0.15, 0.2) is 36.4 Å². The number of piperidine rings is 1. The van der Waals surface area contributed by atoms with E-state index in [1.165, 1.54) is 32.4 Å². The number of ether oxygens (including phenoxy) is 2. The zero-order chi connectivity index (χ0) is 29.5. The number of rotatable bonds is 13. The van der Waals surface area contributed by atoms with Crippen molar-refractivity contribution in [3.63, 3.8) is 0 Å². The predicted octanol–water partition coefficient (Wildman–Crippen LogP) is 6.96. The zero-order valence-corrected chi connectivity index (χ0v) is 26.0. The normalized spacial score (nSPS) is 15.5. The molecule has 1 fully saturated rings. The Morgan fingerprint density at radius 3 is 2.33 bits per heavy atom. The molecule has 42 heavy (non-hydrogen) atoms. The number of aromatic nitrogens is 2. The summed E-state index contributed by atoms with van der Waals surface area (Å²) in [5, 5.41) is 3.54. The van der Waals surface area contributed by atoms with E-state index in [1.807, 2.05) is 35.2 Å². The Balaban J connectivity index is 1.42. The third kappa shape index (κ3) is 7.77. The Bertz CT molecular complexity index is 1320. The van der Waals surface area contributed by atoms with Crippen molar-refractivity contribution in [2.75, 3.05) is 51.3 Å². The Hall–Kier alpha value is -3.26. The maximum atomic E-state index is 13.8. The molecule has 8 nitrogen and oxygen atoms in total. The van der Waals surface area contributed by atoms with E-state index in [9.17, 15) is 4.79 Å². The highest BCUT2D eigenvalue weighted by Gasteiger charge is 2.20. The highest BCUT2D eigenvalue weighted by molar-refractivity contribution is 5.98. The average Bonchev–Trinajstić information content (AvgIpc) is 3.33. The number of anilines is 2. The van der Waals surface area contributed by atoms with Crippen molar-refractivity contribution >= 4 is 28.6 Å². The van der Waals surface area contributed by atoms with Crippen molar-refractivity contribution in [3.05, 3.63) is 42.0 Å². The lowest BCUT2D eigenvalue weighted by Crippen LogP contribution is -2.34. The van der Waals surface area contributed by atoms with Gasteiger partial charge in [0.05, 0.1) is 11.0 Å². The number of carbonyl (C=O) groups excluding carboxylic acids is 1. The van der Waals surface area contributed by atoms with Crippen LogP contribution < -0.4 is 14.8 Å². The van der Waals surface area contributed by atoms with Gasteiger partial charge in [0.1, 0.15) is 13.2 Å². The molecule has 0 unspecified atom stereocenters. The minimum Gasteiger partial charge on any atom is -0.486 e. The minimum absolute atomic E-state index is 0.112. The second-order valence-corrected chi connectivity index (χ2v) is 12.7. The molecule has 2 aliphatic rings. The number of hydrogen-bond acceptors (Lipinski definition) is 6. The highest BCUT2D eigenvalue weighted by Crippen LogP contribution is 2.34. The van der Waals surface area contributed by atoms with Crippen molar-refractivity contribution in [1.29, 1.82) is 0 Å². The van der Waals surface area contributed by atoms with E-state index in [2.05, 4.69) is 48.5 Å². The van der Waals surface area contributed by atoms with Gasteiger partial charge in [0.2, 0.25) is 5.95 Å². The fourth-order valence-corrected chi connectivity index (χ4v) is 5.79. The van der Waals surface area contributed by atoms with Gasteiger partial charge in [-0.1, -0.05) is 34.1 Å². The summed E-state index contributed by atoms with van der Waals surface area (Å²) in [5.41, 5.74) is 3.52. The van der Waals surface area contributed by atoms with Gasteiger partial charge < -0.3 is 29.2 Å². The minimum atomic E-state index is 0.112. The fourth-order valence-electron chi connectivity index (χ4n) is 5.79. The first-order valence-corrected chi connectivity index (χ1v) is 16.1. The molecule has 0 spiro atoms. The first-order valence-electron chi connectivity index (χ1n) is 16.1. The molecule has 1 N–H and O–H groups in total. The van der Waals surface area contributed by atoms with Gasteiger partial charge in [-0.05, 0) is 93.9 Å². The van der Waals surface area contributed by atoms with Crippen LogP contribution in [0.25, 0.3) is 11.0 Å². The molecule has 2 aromatic carbocycles. The molecule has 0 radical (unpaired) electrons. The lowest BCUT2D eigenvalue weighted by atomic mass is 10.1. The fraction of sp³-hybridized carbons (Fsp3) is 0.588. The van der Waals surface area contributed by atoms with E-state index < -0.39 is 0 Å². The number of amides is 1. The second-order valence-electron chi connectivity index (χ2n) is 12.7. The molecule has 8 heteroatoms. The second kappa shape index (κ2) is 14.3. The summed E-state index contributed by atoms with van der Waals surface area (Å²) in [7, 11) is 0. The number of aryl methyl sites for hydroxylation is 1. The summed E-state index contributed by atoms with van der Waals surface area (Å²) in [6.07, 6.45) is 6.96. The molecule has 1 saturated heterocycles. The standard InChI is InChI=1S/C34H49N5O3/c1-25(2)13-19-38(20-14-26(3)4)33(40)27-9-11-29-30(23-27)39(18-8-17-37-15-6-5-7-16-37)34(36-29)35-28-10-12-31-32(24-28)42-22-21-41-31/h9-12,23-26H,5-8,13-22H2,1-4H3,(H,35,36). The molecule has 2 aliphatic heterocycles. The molecule has 3 heterocycles. The van der Waals surface area contributed by atoms with Gasteiger partial charge in [0.15, 0.2) is 11.5 Å². The maximum Gasteiger partial charge on any atom is 0.253 e. The van der Waals surface area contributed by atoms with E-state index in [1.54, 1.807) is 0 Å². The molecule has 0 aliphatic carbocycles. The number of benzene rings is 2. The first-order chi connectivity index (χ1) is 20.4. The lowest BCUT2D eigenvalue weighted by molar-refractivity contribution is 0.0741. The van der Waals surface area contributed by atoms with E-state index in [-0.39, 0.29) is 5.91 Å². The molecule has 5 rings (SSSR count). The Labute approximate surface area is 251 Å². The van der Waals surface area contributed by atoms with Crippen LogP contribution >= 0.6 is 0 Å². The van der Waals surface area contributed by atoms with E-state index >= 15 is 0 Å². The van der Waals surface area contributed by atoms with E-state index in [0.29, 0.717) is 25.0 Å². The summed E-state index contributed by atoms with van der Waals surface area (Å²) < 4.78 is 13.8. The van der Waals surface area contributed by atoms with Gasteiger partial charge >= 0.3 is 0 Å². The van der Waals surface area contributed by atoms with Crippen molar-refractivity contribution in [2.45, 2.75) is 72.8 Å². The van der Waals surface area contributed by atoms with Crippen molar-refractivity contribution in [3.8, 4) is 11.5 Å². The molecule has 3 aromatic rings. The number of carbonyl (C=O) groups is 1. The van der Waals surface area contributed by atoms with Gasteiger partial charge in [-0.3, -0.25) is 4.79 Å². The summed E-state index contributed by atoms with van der Waals surface area (Å²) >= 11 is 0. The van der Waals surface area contributed by atoms with E-state index in [4.69, 9.17) is 14.5 Å². The van der Waals surface area contributed by atoms with Crippen LogP contribution in [0, 0.1) is 11.8 Å². The van der Waals surface area contributed by atoms with Crippen LogP contribution in [-0.2, 0) is 6.54 Å². The van der Waals surface area contributed by atoms with Crippen LogP contribution in [0.3, 0.4) is 0 Å². The van der Waals surface area contributed by atoms with Crippen LogP contribution in [0.5, 0.6) is 11.5 Å². The summed E-state index contributed by atoms with van der Waals surface area (Å²) in [6, 6.07) is 11.9. The number of hydrogen-bond donors (Lipinski definition) is 1. The number of nitrogens with zero attached hydrogens (tertiary/aromatic N) is 4. The van der Waals surface area contributed by atoms with Crippen LogP contribution in [0.2, 0.25) is 0 Å². The quantitative estimate of drug-likeness (QED) is 0.238. The first kappa shape index (κ1) is 30.2. The third-order valence-electron chi connectivity index (χ3n) is 8.34. The molecular weight excluding hydrogens is 526 g/mol. The molecular formula is C34H49N5O3. The van der Waals surface area contributed by atoms with Crippen LogP contribution in [0.1, 0.15) is 76.6 Å². The largest absolute Gasteiger partial charge is 0.486 e. The number of nitrogens with one attached hydrogen (secondary N) is 1. The molecule has 1 aromatic heterocycles. The maximum absolute atomic E-state index is 13.8. The summed E-state index contributed by atoms with van der Waals surface area (Å²) in [5.74, 6) is 3.51. The number of fused-ring (bicyclic) bond motifs is 2. The average molecular weight is 576 g/mol. The predicted molar refractivity (Wildman–Crippen MR) is 170 cm³/mol. The van der Waals surface area contributed by atoms with Gasteiger partial charge in [-0.2, -0.15) is 0 Å². The molecule has 228 valence electrons. The van der Waals surface area contributed by atoms with E-state index in [0.717, 1.165) is 85.2 Å². The van der Waals surface area contributed by atoms with Crippen LogP contribution in [-0.4, -0.2) is 71.2 Å². The lowest BCUT2D eigenvalue weighted by Gasteiger charge is -2.26. The van der Waals surface area contributed by atoms with Gasteiger partial charge in [-0.15, -0.1) is 0 Å². The Kier molecular flexibility index (Phi) is 10.3. The molecule has 0 saturated carbocycles. The molecule has 0 atom stereocenters. The van der Waals surface area contributed by atoms with Crippen LogP contribution in [0.4, 0.5) is 11.6 Å². The summed E-state index contributed by atoms with van der Waals surface area (Å²) in [6.45, 7) is 15.8. The molecule has 1 amide bonds. The SMILES string of the molecule is CC(C)CCN(CCC(C)C)C(=O)c1ccc2nc(Nc3ccc4c(c3)OCCO4)n(CCCN3CCCCC3)c2c1. The van der Waals surface area contributed by atoms with Gasteiger partial charge in [0, 0.05) is 37.0 Å². The molecule has 0 bridgehead atoms. The summed E-state index contributed by atoms with van der Waals surface area (Å²) in [4.78, 5) is 23.4. The third-order valence-corrected chi connectivity index (χ3v) is 8.34. The van der Waals surface area contributed by atoms with Crippen molar-refractivity contribution in [1.82, 2.24) is 19.4 Å². The zero-order valence-electron chi connectivity index (χ0n) is 26.0. The van der Waals surface area contributed by atoms with Crippen molar-refractivity contribution in [2.24, 2.45) is 11.8 Å². The topological polar surface area (TPSA) is 71.9 Å². The Morgan fingerprint density at radius 1 is 0.905 bits per heavy atom. The van der Waals surface area contributed by atoms with Gasteiger partial charge in [-0.25, -0.2) is 4.98 Å². The monoisotopic (exact) mass is 575 g/mol.